The van der Waals surface area contributed by atoms with Crippen molar-refractivity contribution in [1.29, 1.82) is 0 Å². The molecule has 0 radical (unpaired) electrons. The first-order chi connectivity index (χ1) is 21.0. The molecule has 1 aliphatic rings. The van der Waals surface area contributed by atoms with Crippen LogP contribution in [-0.4, -0.2) is 42.1 Å². The van der Waals surface area contributed by atoms with Crippen LogP contribution in [0.15, 0.2) is 89.9 Å². The van der Waals surface area contributed by atoms with Crippen molar-refractivity contribution >= 4 is 5.65 Å². The van der Waals surface area contributed by atoms with Crippen molar-refractivity contribution in [2.45, 2.75) is 45.8 Å². The summed E-state index contributed by atoms with van der Waals surface area (Å²) in [5.74, 6) is 2.43. The first-order valence-electron chi connectivity index (χ1n) is 14.5. The van der Waals surface area contributed by atoms with Gasteiger partial charge in [-0.25, -0.2) is 4.52 Å². The Balaban J connectivity index is 1.31. The standard InChI is InChI=1S/C34H33N7O2/c1-22-17-30-31(20-35-22)41-33(27(19-36-41)18-24-7-5-4-6-8-24)40(34(30)42)28-13-11-26(12-14-28)32-38-37-23(2)39(32)21-25-9-15-29(43-3)16-10-25/h4-16,19,22,35H,17-18,20-21H2,1-3H3. The second-order valence-corrected chi connectivity index (χ2v) is 11.2. The minimum Gasteiger partial charge on any atom is -0.497 e. The smallest absolute Gasteiger partial charge is 0.261 e. The average Bonchev–Trinajstić information content (AvgIpc) is 3.61. The monoisotopic (exact) mass is 571 g/mol. The second kappa shape index (κ2) is 11.0. The highest BCUT2D eigenvalue weighted by Gasteiger charge is 2.26. The molecule has 1 unspecified atom stereocenters. The zero-order chi connectivity index (χ0) is 29.5. The normalized spacial score (nSPS) is 14.6. The molecule has 1 N–H and O–H groups in total. The van der Waals surface area contributed by atoms with Crippen LogP contribution in [-0.2, 0) is 25.9 Å². The molecule has 4 heterocycles. The van der Waals surface area contributed by atoms with Crippen molar-refractivity contribution in [3.8, 4) is 22.8 Å². The number of aryl methyl sites for hydroxylation is 1. The molecule has 0 fully saturated rings. The van der Waals surface area contributed by atoms with Crippen molar-refractivity contribution in [2.75, 3.05) is 7.11 Å². The number of hydrogen-bond acceptors (Lipinski definition) is 6. The van der Waals surface area contributed by atoms with Gasteiger partial charge in [0.1, 0.15) is 17.2 Å². The lowest BCUT2D eigenvalue weighted by atomic mass is 10.0. The zero-order valence-electron chi connectivity index (χ0n) is 24.5. The van der Waals surface area contributed by atoms with Crippen LogP contribution in [0.4, 0.5) is 0 Å². The van der Waals surface area contributed by atoms with Gasteiger partial charge in [0.15, 0.2) is 5.82 Å². The van der Waals surface area contributed by atoms with Gasteiger partial charge in [-0.15, -0.1) is 10.2 Å². The van der Waals surface area contributed by atoms with Gasteiger partial charge < -0.3 is 14.6 Å². The predicted molar refractivity (Wildman–Crippen MR) is 166 cm³/mol. The van der Waals surface area contributed by atoms with Gasteiger partial charge in [-0.3, -0.25) is 9.36 Å². The molecule has 0 aliphatic carbocycles. The van der Waals surface area contributed by atoms with Crippen LogP contribution in [0.3, 0.4) is 0 Å². The summed E-state index contributed by atoms with van der Waals surface area (Å²) < 4.78 is 11.2. The van der Waals surface area contributed by atoms with E-state index in [2.05, 4.69) is 39.1 Å². The molecule has 0 saturated carbocycles. The molecular formula is C34H33N7O2. The maximum Gasteiger partial charge on any atom is 0.261 e. The Morgan fingerprint density at radius 2 is 1.72 bits per heavy atom. The number of aromatic nitrogens is 6. The van der Waals surface area contributed by atoms with Crippen LogP contribution in [0.5, 0.6) is 5.75 Å². The second-order valence-electron chi connectivity index (χ2n) is 11.2. The SMILES string of the molecule is COc1ccc(Cn2c(C)nnc2-c2ccc(-n3c(=O)c4c(n5ncc(Cc6ccccc6)c35)CNC(C)C4)cc2)cc1. The zero-order valence-corrected chi connectivity index (χ0v) is 24.5. The molecule has 3 aromatic heterocycles. The third kappa shape index (κ3) is 4.91. The molecule has 7 rings (SSSR count). The van der Waals surface area contributed by atoms with E-state index in [1.165, 1.54) is 5.56 Å². The van der Waals surface area contributed by atoms with Gasteiger partial charge >= 0.3 is 0 Å². The molecule has 6 aromatic rings. The molecule has 9 nitrogen and oxygen atoms in total. The molecule has 1 atom stereocenters. The van der Waals surface area contributed by atoms with E-state index in [4.69, 9.17) is 9.84 Å². The molecular weight excluding hydrogens is 538 g/mol. The van der Waals surface area contributed by atoms with Crippen LogP contribution in [0.25, 0.3) is 22.7 Å². The highest BCUT2D eigenvalue weighted by Crippen LogP contribution is 2.26. The molecule has 0 saturated heterocycles. The Morgan fingerprint density at radius 3 is 2.47 bits per heavy atom. The fraction of sp³-hybridized carbons (Fsp3) is 0.235. The van der Waals surface area contributed by atoms with Crippen molar-refractivity contribution in [3.63, 3.8) is 0 Å². The fourth-order valence-electron chi connectivity index (χ4n) is 5.97. The van der Waals surface area contributed by atoms with Crippen LogP contribution < -0.4 is 15.6 Å². The largest absolute Gasteiger partial charge is 0.497 e. The molecule has 9 heteroatoms. The maximum atomic E-state index is 14.2. The van der Waals surface area contributed by atoms with Gasteiger partial charge in [0.2, 0.25) is 0 Å². The summed E-state index contributed by atoms with van der Waals surface area (Å²) in [7, 11) is 1.67. The van der Waals surface area contributed by atoms with E-state index in [9.17, 15) is 4.79 Å². The van der Waals surface area contributed by atoms with Crippen molar-refractivity contribution in [3.05, 3.63) is 129 Å². The van der Waals surface area contributed by atoms with Crippen LogP contribution >= 0.6 is 0 Å². The highest BCUT2D eigenvalue weighted by atomic mass is 16.5. The minimum absolute atomic E-state index is 0.0110. The summed E-state index contributed by atoms with van der Waals surface area (Å²) in [5, 5.41) is 17.2. The molecule has 0 bridgehead atoms. The molecule has 0 spiro atoms. The van der Waals surface area contributed by atoms with Gasteiger partial charge in [-0.05, 0) is 67.8 Å². The lowest BCUT2D eigenvalue weighted by Crippen LogP contribution is -2.40. The Bertz CT molecular complexity index is 1970. The Kier molecular flexibility index (Phi) is 6.87. The number of nitrogens with one attached hydrogen (secondary N) is 1. The summed E-state index contributed by atoms with van der Waals surface area (Å²) >= 11 is 0. The van der Waals surface area contributed by atoms with E-state index in [0.29, 0.717) is 25.9 Å². The summed E-state index contributed by atoms with van der Waals surface area (Å²) in [6, 6.07) is 26.5. The van der Waals surface area contributed by atoms with Gasteiger partial charge in [0.25, 0.3) is 5.56 Å². The molecule has 43 heavy (non-hydrogen) atoms. The summed E-state index contributed by atoms with van der Waals surface area (Å²) in [6.07, 6.45) is 3.23. The number of nitrogens with zero attached hydrogens (tertiary/aromatic N) is 6. The quantitative estimate of drug-likeness (QED) is 0.298. The fourth-order valence-corrected chi connectivity index (χ4v) is 5.97. The molecule has 0 amide bonds. The molecule has 3 aromatic carbocycles. The van der Waals surface area contributed by atoms with Gasteiger partial charge in [-0.1, -0.05) is 42.5 Å². The molecule has 216 valence electrons. The number of benzene rings is 3. The molecule has 1 aliphatic heterocycles. The summed E-state index contributed by atoms with van der Waals surface area (Å²) in [5.41, 5.74) is 7.58. The van der Waals surface area contributed by atoms with Crippen LogP contribution in [0.2, 0.25) is 0 Å². The lowest BCUT2D eigenvalue weighted by molar-refractivity contribution is 0.414. The maximum absolute atomic E-state index is 14.2. The van der Waals surface area contributed by atoms with E-state index >= 15 is 0 Å². The number of rotatable bonds is 7. The Hall–Kier alpha value is -5.02. The van der Waals surface area contributed by atoms with Crippen molar-refractivity contribution in [2.24, 2.45) is 0 Å². The number of hydrogen-bond donors (Lipinski definition) is 1. The van der Waals surface area contributed by atoms with Gasteiger partial charge in [0.05, 0.1) is 31.2 Å². The first-order valence-corrected chi connectivity index (χ1v) is 14.5. The average molecular weight is 572 g/mol. The highest BCUT2D eigenvalue weighted by molar-refractivity contribution is 5.62. The van der Waals surface area contributed by atoms with E-state index < -0.39 is 0 Å². The van der Waals surface area contributed by atoms with E-state index in [1.54, 1.807) is 7.11 Å². The van der Waals surface area contributed by atoms with Crippen LogP contribution in [0.1, 0.15) is 40.7 Å². The number of methoxy groups -OCH3 is 1. The van der Waals surface area contributed by atoms with E-state index in [1.807, 2.05) is 88.9 Å². The van der Waals surface area contributed by atoms with Gasteiger partial charge in [-0.2, -0.15) is 5.10 Å². The topological polar surface area (TPSA) is 91.3 Å². The van der Waals surface area contributed by atoms with E-state index in [0.717, 1.165) is 56.7 Å². The van der Waals surface area contributed by atoms with Gasteiger partial charge in [0, 0.05) is 35.7 Å². The number of ether oxygens (including phenoxy) is 1. The summed E-state index contributed by atoms with van der Waals surface area (Å²) in [4.78, 5) is 14.2. The van der Waals surface area contributed by atoms with Crippen LogP contribution in [0, 0.1) is 6.92 Å². The van der Waals surface area contributed by atoms with E-state index in [-0.39, 0.29) is 11.6 Å². The van der Waals surface area contributed by atoms with Crippen molar-refractivity contribution < 1.29 is 4.74 Å². The third-order valence-electron chi connectivity index (χ3n) is 8.28. The summed E-state index contributed by atoms with van der Waals surface area (Å²) in [6.45, 7) is 5.31. The predicted octanol–water partition coefficient (Wildman–Crippen LogP) is 4.73. The Labute approximate surface area is 249 Å². The third-order valence-corrected chi connectivity index (χ3v) is 8.28. The lowest BCUT2D eigenvalue weighted by Gasteiger charge is -2.25. The first kappa shape index (κ1) is 26.9. The minimum atomic E-state index is 0.0110. The Morgan fingerprint density at radius 1 is 0.953 bits per heavy atom. The number of fused-ring (bicyclic) bond motifs is 3. The van der Waals surface area contributed by atoms with Crippen molar-refractivity contribution in [1.82, 2.24) is 34.3 Å².